The van der Waals surface area contributed by atoms with E-state index in [1.807, 2.05) is 0 Å². The van der Waals surface area contributed by atoms with Gasteiger partial charge in [-0.1, -0.05) is 6.92 Å². The van der Waals surface area contributed by atoms with Crippen molar-refractivity contribution in [3.05, 3.63) is 0 Å². The number of nitrogens with one attached hydrogen (secondary N) is 1. The molecule has 1 N–H and O–H groups in total. The quantitative estimate of drug-likeness (QED) is 0.649. The van der Waals surface area contributed by atoms with Crippen LogP contribution in [-0.4, -0.2) is 26.8 Å². The predicted octanol–water partition coefficient (Wildman–Crippen LogP) is 1.66. The zero-order chi connectivity index (χ0) is 8.81. The largest absolute Gasteiger partial charge is 0.385 e. The van der Waals surface area contributed by atoms with E-state index in [1.165, 1.54) is 32.4 Å². The number of methoxy groups -OCH3 is 1. The van der Waals surface area contributed by atoms with Gasteiger partial charge in [-0.2, -0.15) is 0 Å². The van der Waals surface area contributed by atoms with E-state index in [4.69, 9.17) is 4.74 Å². The summed E-state index contributed by atoms with van der Waals surface area (Å²) in [6.07, 6.45) is 3.94. The van der Waals surface area contributed by atoms with Crippen LogP contribution in [0.25, 0.3) is 0 Å². The summed E-state index contributed by atoms with van der Waals surface area (Å²) in [5, 5.41) is 3.47. The van der Waals surface area contributed by atoms with E-state index >= 15 is 0 Å². The smallest absolute Gasteiger partial charge is 0.0462 e. The highest BCUT2D eigenvalue weighted by Gasteiger charge is 2.17. The first-order valence-electron chi connectivity index (χ1n) is 5.02. The summed E-state index contributed by atoms with van der Waals surface area (Å²) in [7, 11) is 1.78. The van der Waals surface area contributed by atoms with Gasteiger partial charge in [-0.15, -0.1) is 0 Å². The Balaban J connectivity index is 2.06. The molecule has 2 atom stereocenters. The fourth-order valence-electron chi connectivity index (χ4n) is 2.01. The van der Waals surface area contributed by atoms with E-state index in [1.54, 1.807) is 7.11 Å². The number of rotatable bonds is 4. The van der Waals surface area contributed by atoms with Crippen LogP contribution < -0.4 is 5.32 Å². The zero-order valence-electron chi connectivity index (χ0n) is 8.31. The molecule has 2 heteroatoms. The van der Waals surface area contributed by atoms with Crippen molar-refractivity contribution >= 4 is 0 Å². The number of ether oxygens (including phenoxy) is 1. The minimum absolute atomic E-state index is 0.867. The van der Waals surface area contributed by atoms with Crippen molar-refractivity contribution in [2.75, 3.05) is 26.8 Å². The molecule has 72 valence electrons. The van der Waals surface area contributed by atoms with Crippen LogP contribution >= 0.6 is 0 Å². The maximum atomic E-state index is 5.04. The van der Waals surface area contributed by atoms with Crippen LogP contribution in [0.2, 0.25) is 0 Å². The monoisotopic (exact) mass is 171 g/mol. The van der Waals surface area contributed by atoms with Crippen molar-refractivity contribution in [1.29, 1.82) is 0 Å². The van der Waals surface area contributed by atoms with Crippen LogP contribution in [0.3, 0.4) is 0 Å². The van der Waals surface area contributed by atoms with Gasteiger partial charge in [-0.3, -0.25) is 0 Å². The van der Waals surface area contributed by atoms with Gasteiger partial charge in [0.15, 0.2) is 0 Å². The first-order valence-corrected chi connectivity index (χ1v) is 5.02. The standard InChI is InChI=1S/C10H21NO/c1-9-6-10(8-11-7-9)4-3-5-12-2/h9-11H,3-8H2,1-2H3. The Labute approximate surface area is 75.7 Å². The minimum Gasteiger partial charge on any atom is -0.385 e. The molecule has 1 heterocycles. The van der Waals surface area contributed by atoms with Gasteiger partial charge in [0.05, 0.1) is 0 Å². The molecule has 1 rings (SSSR count). The van der Waals surface area contributed by atoms with Crippen molar-refractivity contribution < 1.29 is 4.74 Å². The fourth-order valence-corrected chi connectivity index (χ4v) is 2.01. The molecule has 0 aromatic carbocycles. The van der Waals surface area contributed by atoms with Gasteiger partial charge >= 0.3 is 0 Å². The molecule has 12 heavy (non-hydrogen) atoms. The lowest BCUT2D eigenvalue weighted by Gasteiger charge is -2.27. The van der Waals surface area contributed by atoms with Crippen LogP contribution in [0, 0.1) is 11.8 Å². The highest BCUT2D eigenvalue weighted by Crippen LogP contribution is 2.19. The Morgan fingerprint density at radius 1 is 1.42 bits per heavy atom. The Hall–Kier alpha value is -0.0800. The summed E-state index contributed by atoms with van der Waals surface area (Å²) in [4.78, 5) is 0. The van der Waals surface area contributed by atoms with E-state index in [0.29, 0.717) is 0 Å². The molecule has 0 aromatic heterocycles. The Morgan fingerprint density at radius 2 is 2.25 bits per heavy atom. The minimum atomic E-state index is 0.867. The molecule has 1 aliphatic heterocycles. The van der Waals surface area contributed by atoms with Gasteiger partial charge in [0.2, 0.25) is 0 Å². The topological polar surface area (TPSA) is 21.3 Å². The molecule has 2 nitrogen and oxygen atoms in total. The summed E-state index contributed by atoms with van der Waals surface area (Å²) in [5.74, 6) is 1.76. The Bertz CT molecular complexity index is 116. The lowest BCUT2D eigenvalue weighted by atomic mass is 9.89. The molecule has 1 fully saturated rings. The number of hydrogen-bond acceptors (Lipinski definition) is 2. The fraction of sp³-hybridized carbons (Fsp3) is 1.00. The van der Waals surface area contributed by atoms with Gasteiger partial charge < -0.3 is 10.1 Å². The molecule has 0 saturated carbocycles. The second-order valence-corrected chi connectivity index (χ2v) is 4.00. The Kier molecular flexibility index (Phi) is 4.62. The average molecular weight is 171 g/mol. The van der Waals surface area contributed by atoms with E-state index < -0.39 is 0 Å². The van der Waals surface area contributed by atoms with Crippen molar-refractivity contribution in [2.45, 2.75) is 26.2 Å². The normalized spacial score (nSPS) is 30.5. The van der Waals surface area contributed by atoms with Crippen molar-refractivity contribution in [1.82, 2.24) is 5.32 Å². The molecule has 0 amide bonds. The molecule has 0 spiro atoms. The first-order chi connectivity index (χ1) is 5.83. The molecular weight excluding hydrogens is 150 g/mol. The highest BCUT2D eigenvalue weighted by atomic mass is 16.5. The third-order valence-corrected chi connectivity index (χ3v) is 2.62. The number of hydrogen-bond donors (Lipinski definition) is 1. The average Bonchev–Trinajstić information content (AvgIpc) is 2.05. The van der Waals surface area contributed by atoms with E-state index in [9.17, 15) is 0 Å². The molecular formula is C10H21NO. The second-order valence-electron chi connectivity index (χ2n) is 4.00. The van der Waals surface area contributed by atoms with Crippen LogP contribution in [-0.2, 0) is 4.74 Å². The third kappa shape index (κ3) is 3.55. The van der Waals surface area contributed by atoms with E-state index in [0.717, 1.165) is 18.4 Å². The SMILES string of the molecule is COCCCC1CNCC(C)C1. The summed E-state index contributed by atoms with van der Waals surface area (Å²) < 4.78 is 5.04. The molecule has 0 bridgehead atoms. The van der Waals surface area contributed by atoms with Gasteiger partial charge in [0.1, 0.15) is 0 Å². The summed E-state index contributed by atoms with van der Waals surface area (Å²) in [6, 6.07) is 0. The van der Waals surface area contributed by atoms with Crippen LogP contribution in [0.1, 0.15) is 26.2 Å². The van der Waals surface area contributed by atoms with Crippen molar-refractivity contribution in [3.63, 3.8) is 0 Å². The van der Waals surface area contributed by atoms with Gasteiger partial charge in [0, 0.05) is 13.7 Å². The van der Waals surface area contributed by atoms with Gasteiger partial charge in [-0.05, 0) is 44.2 Å². The number of piperidine rings is 1. The molecule has 1 saturated heterocycles. The van der Waals surface area contributed by atoms with Gasteiger partial charge in [0.25, 0.3) is 0 Å². The van der Waals surface area contributed by atoms with E-state index in [2.05, 4.69) is 12.2 Å². The van der Waals surface area contributed by atoms with Crippen LogP contribution in [0.4, 0.5) is 0 Å². The lowest BCUT2D eigenvalue weighted by Crippen LogP contribution is -2.35. The Morgan fingerprint density at radius 3 is 2.92 bits per heavy atom. The summed E-state index contributed by atoms with van der Waals surface area (Å²) in [6.45, 7) is 5.68. The van der Waals surface area contributed by atoms with Crippen LogP contribution in [0.15, 0.2) is 0 Å². The molecule has 0 aromatic rings. The summed E-state index contributed by atoms with van der Waals surface area (Å²) >= 11 is 0. The summed E-state index contributed by atoms with van der Waals surface area (Å²) in [5.41, 5.74) is 0. The van der Waals surface area contributed by atoms with Gasteiger partial charge in [-0.25, -0.2) is 0 Å². The highest BCUT2D eigenvalue weighted by molar-refractivity contribution is 4.73. The van der Waals surface area contributed by atoms with E-state index in [-0.39, 0.29) is 0 Å². The lowest BCUT2D eigenvalue weighted by molar-refractivity contribution is 0.179. The maximum absolute atomic E-state index is 5.04. The molecule has 2 unspecified atom stereocenters. The predicted molar refractivity (Wildman–Crippen MR) is 51.3 cm³/mol. The second kappa shape index (κ2) is 5.55. The molecule has 1 aliphatic rings. The first kappa shape index (κ1) is 10.0. The maximum Gasteiger partial charge on any atom is 0.0462 e. The molecule has 0 aliphatic carbocycles. The van der Waals surface area contributed by atoms with Crippen molar-refractivity contribution in [3.8, 4) is 0 Å². The third-order valence-electron chi connectivity index (χ3n) is 2.62. The van der Waals surface area contributed by atoms with Crippen LogP contribution in [0.5, 0.6) is 0 Å². The van der Waals surface area contributed by atoms with Crippen molar-refractivity contribution in [2.24, 2.45) is 11.8 Å². The molecule has 0 radical (unpaired) electrons. The zero-order valence-corrected chi connectivity index (χ0v) is 8.31.